The molecule has 0 spiro atoms. The third-order valence-electron chi connectivity index (χ3n) is 3.50. The summed E-state index contributed by atoms with van der Waals surface area (Å²) in [6.07, 6.45) is 1.39. The number of halogens is 1. The van der Waals surface area contributed by atoms with Crippen molar-refractivity contribution in [2.75, 3.05) is 0 Å². The largest absolute Gasteiger partial charge is 0.425 e. The van der Waals surface area contributed by atoms with Crippen molar-refractivity contribution in [2.24, 2.45) is 0 Å². The Morgan fingerprint density at radius 2 is 2.00 bits per heavy atom. The fourth-order valence-electron chi connectivity index (χ4n) is 2.19. The van der Waals surface area contributed by atoms with Crippen molar-refractivity contribution in [3.63, 3.8) is 0 Å². The molecule has 3 aromatic rings. The first-order chi connectivity index (χ1) is 11.0. The van der Waals surface area contributed by atoms with Crippen LogP contribution in [0.3, 0.4) is 0 Å². The van der Waals surface area contributed by atoms with Gasteiger partial charge in [-0.2, -0.15) is 0 Å². The molecule has 0 saturated carbocycles. The van der Waals surface area contributed by atoms with E-state index in [1.165, 1.54) is 22.2 Å². The van der Waals surface area contributed by atoms with E-state index in [0.29, 0.717) is 16.0 Å². The van der Waals surface area contributed by atoms with Gasteiger partial charge in [0.2, 0.25) is 0 Å². The maximum atomic E-state index is 12.5. The summed E-state index contributed by atoms with van der Waals surface area (Å²) in [6, 6.07) is 6.91. The minimum atomic E-state index is -0.514. The van der Waals surface area contributed by atoms with Crippen molar-refractivity contribution in [3.05, 3.63) is 55.9 Å². The number of hydrogen-bond acceptors (Lipinski definition) is 5. The quantitative estimate of drug-likeness (QED) is 0.505. The molecule has 0 fully saturated rings. The lowest BCUT2D eigenvalue weighted by Crippen LogP contribution is -2.26. The molecule has 7 heteroatoms. The van der Waals surface area contributed by atoms with Crippen molar-refractivity contribution >= 4 is 43.5 Å². The highest BCUT2D eigenvalue weighted by molar-refractivity contribution is 9.10. The van der Waals surface area contributed by atoms with Gasteiger partial charge in [-0.25, -0.2) is 9.78 Å². The van der Waals surface area contributed by atoms with Crippen LogP contribution in [0, 0.1) is 13.8 Å². The number of hydrogen-bond donors (Lipinski definition) is 0. The normalized spacial score (nSPS) is 10.9. The Labute approximate surface area is 144 Å². The van der Waals surface area contributed by atoms with E-state index in [0.717, 1.165) is 14.9 Å². The zero-order valence-corrected chi connectivity index (χ0v) is 14.9. The molecule has 0 unspecified atom stereocenters. The van der Waals surface area contributed by atoms with Crippen molar-refractivity contribution in [1.29, 1.82) is 0 Å². The highest BCUT2D eigenvalue weighted by Crippen LogP contribution is 2.25. The van der Waals surface area contributed by atoms with Crippen LogP contribution in [0.2, 0.25) is 0 Å². The standard InChI is InChI=1S/C16H13BrN2O3S/c1-9-10(2)23-15-14(9)16(21)19(8-18-15)7-13(20)22-12-5-3-11(17)4-6-12/h3-6,8H,7H2,1-2H3. The molecule has 1 aromatic carbocycles. The molecule has 5 nitrogen and oxygen atoms in total. The monoisotopic (exact) mass is 392 g/mol. The number of benzene rings is 1. The molecule has 2 aromatic heterocycles. The van der Waals surface area contributed by atoms with Crippen LogP contribution in [0.1, 0.15) is 10.4 Å². The fraction of sp³-hybridized carbons (Fsp3) is 0.188. The first-order valence-corrected chi connectivity index (χ1v) is 8.48. The Morgan fingerprint density at radius 1 is 1.30 bits per heavy atom. The average molecular weight is 393 g/mol. The Balaban J connectivity index is 1.85. The number of rotatable bonds is 3. The number of ether oxygens (including phenoxy) is 1. The van der Waals surface area contributed by atoms with E-state index < -0.39 is 5.97 Å². The highest BCUT2D eigenvalue weighted by atomic mass is 79.9. The third-order valence-corrected chi connectivity index (χ3v) is 5.14. The molecule has 0 aliphatic rings. The first-order valence-electron chi connectivity index (χ1n) is 6.87. The lowest BCUT2D eigenvalue weighted by atomic mass is 10.2. The van der Waals surface area contributed by atoms with Gasteiger partial charge in [-0.05, 0) is 43.7 Å². The second kappa shape index (κ2) is 6.25. The van der Waals surface area contributed by atoms with Crippen LogP contribution in [0.4, 0.5) is 0 Å². The van der Waals surface area contributed by atoms with Crippen molar-refractivity contribution in [1.82, 2.24) is 9.55 Å². The van der Waals surface area contributed by atoms with Crippen LogP contribution >= 0.6 is 27.3 Å². The lowest BCUT2D eigenvalue weighted by Gasteiger charge is -2.06. The van der Waals surface area contributed by atoms with Crippen LogP contribution in [-0.4, -0.2) is 15.5 Å². The van der Waals surface area contributed by atoms with E-state index in [9.17, 15) is 9.59 Å². The summed E-state index contributed by atoms with van der Waals surface area (Å²) < 4.78 is 7.41. The van der Waals surface area contributed by atoms with Gasteiger partial charge in [0.15, 0.2) is 0 Å². The molecule has 3 rings (SSSR count). The number of esters is 1. The summed E-state index contributed by atoms with van der Waals surface area (Å²) in [5.41, 5.74) is 0.697. The number of nitrogens with zero attached hydrogens (tertiary/aromatic N) is 2. The molecular weight excluding hydrogens is 380 g/mol. The van der Waals surface area contributed by atoms with Gasteiger partial charge < -0.3 is 4.74 Å². The number of carbonyl (C=O) groups excluding carboxylic acids is 1. The Bertz CT molecular complexity index is 944. The summed E-state index contributed by atoms with van der Waals surface area (Å²) in [5.74, 6) is -0.0805. The minimum Gasteiger partial charge on any atom is -0.425 e. The Kier molecular flexibility index (Phi) is 4.32. The summed E-state index contributed by atoms with van der Waals surface area (Å²) >= 11 is 4.79. The lowest BCUT2D eigenvalue weighted by molar-refractivity contribution is -0.135. The molecule has 0 aliphatic carbocycles. The molecular formula is C16H13BrN2O3S. The topological polar surface area (TPSA) is 61.2 Å². The first kappa shape index (κ1) is 15.9. The molecule has 118 valence electrons. The number of aromatic nitrogens is 2. The third kappa shape index (κ3) is 3.20. The Hall–Kier alpha value is -1.99. The predicted molar refractivity (Wildman–Crippen MR) is 93.1 cm³/mol. The molecule has 0 bridgehead atoms. The maximum absolute atomic E-state index is 12.5. The molecule has 0 atom stereocenters. The van der Waals surface area contributed by atoms with Crippen molar-refractivity contribution in [2.45, 2.75) is 20.4 Å². The maximum Gasteiger partial charge on any atom is 0.331 e. The molecule has 23 heavy (non-hydrogen) atoms. The van der Waals surface area contributed by atoms with Gasteiger partial charge >= 0.3 is 5.97 Å². The molecule has 0 saturated heterocycles. The highest BCUT2D eigenvalue weighted by Gasteiger charge is 2.14. The van der Waals surface area contributed by atoms with Crippen LogP contribution in [-0.2, 0) is 11.3 Å². The molecule has 0 radical (unpaired) electrons. The number of aryl methyl sites for hydroxylation is 2. The van der Waals surface area contributed by atoms with Gasteiger partial charge in [-0.1, -0.05) is 15.9 Å². The van der Waals surface area contributed by atoms with E-state index >= 15 is 0 Å². The van der Waals surface area contributed by atoms with Crippen molar-refractivity contribution < 1.29 is 9.53 Å². The molecule has 0 aliphatic heterocycles. The van der Waals surface area contributed by atoms with Crippen LogP contribution < -0.4 is 10.3 Å². The van der Waals surface area contributed by atoms with E-state index in [1.807, 2.05) is 13.8 Å². The van der Waals surface area contributed by atoms with E-state index in [-0.39, 0.29) is 12.1 Å². The number of fused-ring (bicyclic) bond motifs is 1. The van der Waals surface area contributed by atoms with E-state index in [4.69, 9.17) is 4.74 Å². The van der Waals surface area contributed by atoms with E-state index in [1.54, 1.807) is 24.3 Å². The average Bonchev–Trinajstić information content (AvgIpc) is 2.80. The summed E-state index contributed by atoms with van der Waals surface area (Å²) in [6.45, 7) is 3.67. The fourth-order valence-corrected chi connectivity index (χ4v) is 3.44. The second-order valence-corrected chi connectivity index (χ2v) is 7.19. The molecule has 0 N–H and O–H groups in total. The zero-order chi connectivity index (χ0) is 16.6. The van der Waals surface area contributed by atoms with Crippen LogP contribution in [0.25, 0.3) is 10.2 Å². The predicted octanol–water partition coefficient (Wildman–Crippen LogP) is 3.44. The Morgan fingerprint density at radius 3 is 2.70 bits per heavy atom. The van der Waals surface area contributed by atoms with Gasteiger partial charge in [-0.3, -0.25) is 9.36 Å². The number of carbonyl (C=O) groups is 1. The SMILES string of the molecule is Cc1sc2ncn(CC(=O)Oc3ccc(Br)cc3)c(=O)c2c1C. The smallest absolute Gasteiger partial charge is 0.331 e. The number of thiophene rings is 1. The van der Waals surface area contributed by atoms with Crippen LogP contribution in [0.15, 0.2) is 39.9 Å². The summed E-state index contributed by atoms with van der Waals surface area (Å²) in [7, 11) is 0. The van der Waals surface area contributed by atoms with Crippen LogP contribution in [0.5, 0.6) is 5.75 Å². The summed E-state index contributed by atoms with van der Waals surface area (Å²) in [4.78, 5) is 30.6. The van der Waals surface area contributed by atoms with Gasteiger partial charge in [0, 0.05) is 9.35 Å². The van der Waals surface area contributed by atoms with Gasteiger partial charge in [0.25, 0.3) is 5.56 Å². The van der Waals surface area contributed by atoms with Crippen molar-refractivity contribution in [3.8, 4) is 5.75 Å². The van der Waals surface area contributed by atoms with Gasteiger partial charge in [0.05, 0.1) is 11.7 Å². The van der Waals surface area contributed by atoms with E-state index in [2.05, 4.69) is 20.9 Å². The van der Waals surface area contributed by atoms with Gasteiger partial charge in [0.1, 0.15) is 17.1 Å². The molecule has 2 heterocycles. The van der Waals surface area contributed by atoms with Gasteiger partial charge in [-0.15, -0.1) is 11.3 Å². The molecule has 0 amide bonds. The minimum absolute atomic E-state index is 0.174. The second-order valence-electron chi connectivity index (χ2n) is 5.07. The zero-order valence-electron chi connectivity index (χ0n) is 12.5. The summed E-state index contributed by atoms with van der Waals surface area (Å²) in [5, 5.41) is 0.575.